The number of aliphatic hydroxyl groups is 1. The van der Waals surface area contributed by atoms with E-state index in [0.717, 1.165) is 22.0 Å². The van der Waals surface area contributed by atoms with Crippen molar-refractivity contribution < 1.29 is 85.2 Å². The summed E-state index contributed by atoms with van der Waals surface area (Å²) >= 11 is 0. The van der Waals surface area contributed by atoms with Gasteiger partial charge in [-0.1, -0.05) is 124 Å². The molecule has 0 aromatic heterocycles. The van der Waals surface area contributed by atoms with Gasteiger partial charge in [0.15, 0.2) is 0 Å². The molecule has 2 aromatic carbocycles. The topological polar surface area (TPSA) is 359 Å². The summed E-state index contributed by atoms with van der Waals surface area (Å²) in [6.45, 7) is 17.8. The molecule has 0 unspecified atom stereocenters. The fourth-order valence-corrected chi connectivity index (χ4v) is 13.1. The van der Waals surface area contributed by atoms with E-state index in [1.54, 1.807) is 104 Å². The maximum Gasteiger partial charge on any atom is 0.410 e. The molecule has 0 radical (unpaired) electrons. The number of likely N-dealkylation sites (N-methyl/N-ethyl adjacent to an activating group) is 2. The minimum Gasteiger partial charge on any atom is -0.445 e. The number of alkyl halides is 3. The molecule has 0 saturated carbocycles. The number of amides is 12. The maximum atomic E-state index is 14.8. The van der Waals surface area contributed by atoms with Crippen LogP contribution in [0.5, 0.6) is 0 Å². The number of hydrogen-bond donors (Lipinski definition) is 9. The van der Waals surface area contributed by atoms with Gasteiger partial charge < -0.3 is 66.8 Å². The second-order valence-corrected chi connectivity index (χ2v) is 28.0. The maximum absolute atomic E-state index is 14.8. The second-order valence-electron chi connectivity index (χ2n) is 28.0. The summed E-state index contributed by atoms with van der Waals surface area (Å²) in [6.07, 6.45) is -3.58. The van der Waals surface area contributed by atoms with Crippen LogP contribution in [0.3, 0.4) is 0 Å². The number of urea groups is 1. The van der Waals surface area contributed by atoms with Crippen LogP contribution in [0.1, 0.15) is 164 Å². The van der Waals surface area contributed by atoms with E-state index in [9.17, 15) is 71.0 Å². The molecule has 10 N–H and O–H groups in total. The van der Waals surface area contributed by atoms with Crippen molar-refractivity contribution in [2.75, 3.05) is 59.8 Å². The van der Waals surface area contributed by atoms with E-state index in [-0.39, 0.29) is 95.3 Å². The van der Waals surface area contributed by atoms with Crippen molar-refractivity contribution in [3.05, 3.63) is 77.9 Å². The predicted molar refractivity (Wildman–Crippen MR) is 380 cm³/mol. The van der Waals surface area contributed by atoms with E-state index in [1.165, 1.54) is 26.2 Å². The minimum atomic E-state index is -4.75. The minimum absolute atomic E-state index is 0.0307. The lowest BCUT2D eigenvalue weighted by Gasteiger charge is -2.41. The highest BCUT2D eigenvalue weighted by atomic mass is 19.4. The molecule has 2 aliphatic rings. The summed E-state index contributed by atoms with van der Waals surface area (Å²) in [4.78, 5) is 152. The van der Waals surface area contributed by atoms with E-state index in [2.05, 4.69) is 37.2 Å². The molecule has 13 atom stereocenters. The quantitative estimate of drug-likeness (QED) is 0.0257. The van der Waals surface area contributed by atoms with Crippen LogP contribution in [-0.2, 0) is 64.0 Å². The number of anilines is 1. The molecule has 2 heterocycles. The normalized spacial score (nSPS) is 17.4. The van der Waals surface area contributed by atoms with Gasteiger partial charge in [-0.15, -0.1) is 0 Å². The Morgan fingerprint density at radius 1 is 0.709 bits per heavy atom. The Labute approximate surface area is 604 Å². The molecular weight excluding hydrogens is 1340 g/mol. The number of unbranched alkanes of at least 4 members (excludes halogenated alkanes) is 2. The lowest BCUT2D eigenvalue weighted by atomic mass is 9.89. The number of imide groups is 1. The highest BCUT2D eigenvalue weighted by Gasteiger charge is 2.45. The fourth-order valence-electron chi connectivity index (χ4n) is 13.1. The van der Waals surface area contributed by atoms with Crippen LogP contribution in [-0.4, -0.2) is 211 Å². The number of benzene rings is 2. The number of likely N-dealkylation sites (tertiary alicyclic amines) is 1. The monoisotopic (exact) mass is 1450 g/mol. The molecule has 12 amide bonds. The molecule has 30 heteroatoms. The number of carbonyl (C=O) groups excluding carboxylic acids is 11. The van der Waals surface area contributed by atoms with E-state index in [1.807, 2.05) is 32.0 Å². The second kappa shape index (κ2) is 42.5. The van der Waals surface area contributed by atoms with Crippen molar-refractivity contribution in [1.29, 1.82) is 0 Å². The molecule has 27 nitrogen and oxygen atoms in total. The van der Waals surface area contributed by atoms with E-state index in [4.69, 9.17) is 19.9 Å². The Morgan fingerprint density at radius 3 is 1.91 bits per heavy atom. The standard InChI is InChI=1S/C73H113F3N12O15/c1-15-46(8)63(54(101-13)41-59(92)87-40-24-28-53(87)65(102-14)47(9)66(94)80-48(10)64(93)50-25-18-16-19-26-50)85(11)70(98)61(44(4)5)84-69(97)62(45(6)7)86(12)72(100)103-42-49-31-33-51(34-32-49)81-56(89)30-23-37-78-67(95)52(27-22-38-79-71(77)99)82-68(96)60(43(2)3)83-55(73(74,75)76)29-20-17-21-39-88-57(90)35-36-58(88)91/h16,18-19,25-26,31-36,43-48,52-55,60-65,83,93H,15,17,20-24,27-30,37-42H2,1-14H3,(H,78,95)(H,80,94)(H,81,89)(H,82,96)(H,84,97)(H3,77,79,99)/t46-,47+,48+,52-,53-,54+,55-,60-,61-,62-,63-,64+,65+/m0/s1. The summed E-state index contributed by atoms with van der Waals surface area (Å²) in [6, 6.07) is 6.02. The van der Waals surface area contributed by atoms with Gasteiger partial charge in [-0.2, -0.15) is 13.2 Å². The number of carbonyl (C=O) groups is 11. The van der Waals surface area contributed by atoms with Gasteiger partial charge in [0.25, 0.3) is 11.8 Å². The Morgan fingerprint density at radius 2 is 1.34 bits per heavy atom. The lowest BCUT2D eigenvalue weighted by molar-refractivity contribution is -0.162. The Balaban J connectivity index is 1.31. The Bertz CT molecular complexity index is 3130. The number of primary amides is 1. The van der Waals surface area contributed by atoms with Gasteiger partial charge in [0, 0.05) is 78.8 Å². The molecule has 103 heavy (non-hydrogen) atoms. The van der Waals surface area contributed by atoms with Crippen molar-refractivity contribution in [2.24, 2.45) is 35.3 Å². The average Bonchev–Trinajstić information content (AvgIpc) is 1.55. The number of nitrogens with two attached hydrogens (primary N) is 1. The molecule has 576 valence electrons. The zero-order chi connectivity index (χ0) is 77.0. The number of hydrogen-bond acceptors (Lipinski definition) is 16. The molecule has 2 aliphatic heterocycles. The number of nitrogens with zero attached hydrogens (tertiary/aromatic N) is 4. The summed E-state index contributed by atoms with van der Waals surface area (Å²) in [7, 11) is 6.04. The molecule has 0 bridgehead atoms. The van der Waals surface area contributed by atoms with E-state index in [0.29, 0.717) is 42.6 Å². The van der Waals surface area contributed by atoms with Crippen LogP contribution in [0.2, 0.25) is 0 Å². The van der Waals surface area contributed by atoms with Crippen LogP contribution in [0.25, 0.3) is 0 Å². The van der Waals surface area contributed by atoms with Gasteiger partial charge in [0.05, 0.1) is 54.8 Å². The molecular formula is C73H113F3N12O15. The predicted octanol–water partition coefficient (Wildman–Crippen LogP) is 6.38. The van der Waals surface area contributed by atoms with Gasteiger partial charge in [-0.05, 0) is 98.8 Å². The number of ether oxygens (including phenoxy) is 3. The highest BCUT2D eigenvalue weighted by Crippen LogP contribution is 2.31. The van der Waals surface area contributed by atoms with Crippen LogP contribution >= 0.6 is 0 Å². The Hall–Kier alpha value is -8.22. The van der Waals surface area contributed by atoms with Crippen molar-refractivity contribution >= 4 is 71.0 Å². The SMILES string of the molecule is CC[C@H](C)[C@@H]([C@@H](CC(=O)N1CCC[C@H]1[C@H](OC)[C@@H](C)C(=O)N[C@H](C)[C@@H](O)c1ccccc1)OC)N(C)C(=O)[C@@H](NC(=O)[C@H](C(C)C)N(C)C(=O)OCc1ccc(NC(=O)CCCNC(=O)[C@H](CCCNC(N)=O)NC(=O)[C@@H](N[C@@H](CCCCCN2C(=O)C=CC2=O)C(F)(F)F)C(C)C)cc1)C(C)C. The smallest absolute Gasteiger partial charge is 0.410 e. The van der Waals surface area contributed by atoms with Gasteiger partial charge in [0.1, 0.15) is 30.8 Å². The molecule has 1 saturated heterocycles. The summed E-state index contributed by atoms with van der Waals surface area (Å²) < 4.78 is 60.8. The zero-order valence-electron chi connectivity index (χ0n) is 62.3. The summed E-state index contributed by atoms with van der Waals surface area (Å²) in [5.74, 6) is -6.99. The number of methoxy groups -OCH3 is 2. The zero-order valence-corrected chi connectivity index (χ0v) is 62.3. The summed E-state index contributed by atoms with van der Waals surface area (Å²) in [5, 5.41) is 29.6. The first kappa shape index (κ1) is 87.2. The third-order valence-electron chi connectivity index (χ3n) is 19.2. The van der Waals surface area contributed by atoms with Crippen LogP contribution in [0.15, 0.2) is 66.7 Å². The summed E-state index contributed by atoms with van der Waals surface area (Å²) in [5.41, 5.74) is 6.78. The van der Waals surface area contributed by atoms with Gasteiger partial charge in [0.2, 0.25) is 41.4 Å². The average molecular weight is 1460 g/mol. The molecule has 0 spiro atoms. The van der Waals surface area contributed by atoms with E-state index >= 15 is 0 Å². The first-order valence-electron chi connectivity index (χ1n) is 35.8. The molecule has 2 aromatic rings. The molecule has 1 fully saturated rings. The largest absolute Gasteiger partial charge is 0.445 e. The molecule has 4 rings (SSSR count). The van der Waals surface area contributed by atoms with Gasteiger partial charge in [-0.25, -0.2) is 9.59 Å². The van der Waals surface area contributed by atoms with Crippen molar-refractivity contribution in [1.82, 2.24) is 51.5 Å². The van der Waals surface area contributed by atoms with Crippen LogP contribution < -0.4 is 43.0 Å². The van der Waals surface area contributed by atoms with Gasteiger partial charge in [-0.3, -0.25) is 58.3 Å². The van der Waals surface area contributed by atoms with Crippen molar-refractivity contribution in [3.8, 4) is 0 Å². The lowest BCUT2D eigenvalue weighted by Crippen LogP contribution is -2.60. The first-order valence-corrected chi connectivity index (χ1v) is 35.8. The van der Waals surface area contributed by atoms with Crippen LogP contribution in [0.4, 0.5) is 28.4 Å². The van der Waals surface area contributed by atoms with Crippen molar-refractivity contribution in [3.63, 3.8) is 0 Å². The van der Waals surface area contributed by atoms with E-state index < -0.39 is 156 Å². The third-order valence-corrected chi connectivity index (χ3v) is 19.2. The number of nitrogens with one attached hydrogen (secondary N) is 7. The number of halogens is 3. The third kappa shape index (κ3) is 26.8. The van der Waals surface area contributed by atoms with Gasteiger partial charge >= 0.3 is 18.3 Å². The number of rotatable bonds is 43. The fraction of sp³-hybridized carbons (Fsp3) is 0.658. The Kier molecular flexibility index (Phi) is 36.0. The molecule has 0 aliphatic carbocycles. The highest BCUT2D eigenvalue weighted by molar-refractivity contribution is 6.12. The number of aliphatic hydroxyl groups excluding tert-OH is 1. The van der Waals surface area contributed by atoms with Crippen molar-refractivity contribution in [2.45, 2.75) is 226 Å². The first-order chi connectivity index (χ1) is 48.6. The van der Waals surface area contributed by atoms with Crippen LogP contribution in [0, 0.1) is 29.6 Å².